The van der Waals surface area contributed by atoms with Gasteiger partial charge in [-0.1, -0.05) is 12.1 Å². The van der Waals surface area contributed by atoms with E-state index in [0.29, 0.717) is 12.1 Å². The average molecular weight is 302 g/mol. The topological polar surface area (TPSA) is 67.1 Å². The van der Waals surface area contributed by atoms with Crippen molar-refractivity contribution in [2.75, 3.05) is 5.73 Å². The number of nitrogens with zero attached hydrogens (tertiary/aromatic N) is 3. The van der Waals surface area contributed by atoms with E-state index in [1.165, 1.54) is 30.4 Å². The zero-order valence-corrected chi connectivity index (χ0v) is 12.9. The molecule has 1 aliphatic rings. The van der Waals surface area contributed by atoms with Crippen molar-refractivity contribution < 1.29 is 0 Å². The van der Waals surface area contributed by atoms with Crippen LogP contribution in [0.1, 0.15) is 29.7 Å². The first-order chi connectivity index (χ1) is 11.3. The van der Waals surface area contributed by atoms with Crippen LogP contribution in [0.5, 0.6) is 0 Å². The maximum absolute atomic E-state index is 9.21. The number of nitriles is 1. The number of nitrogens with two attached hydrogens (primary N) is 1. The van der Waals surface area contributed by atoms with E-state index >= 15 is 0 Å². The van der Waals surface area contributed by atoms with Gasteiger partial charge in [-0.05, 0) is 55.0 Å². The maximum Gasteiger partial charge on any atom is 0.137 e. The molecule has 0 amide bonds. The van der Waals surface area contributed by atoms with Gasteiger partial charge in [-0.15, -0.1) is 0 Å². The number of hydrogen-bond donors (Lipinski definition) is 1. The number of anilines is 1. The molecular weight excluding hydrogens is 284 g/mol. The Labute approximate surface area is 135 Å². The van der Waals surface area contributed by atoms with E-state index in [1.54, 1.807) is 0 Å². The molecule has 0 saturated heterocycles. The van der Waals surface area contributed by atoms with Gasteiger partial charge in [0.15, 0.2) is 0 Å². The lowest BCUT2D eigenvalue weighted by Gasteiger charge is -2.16. The Bertz CT molecular complexity index is 930. The van der Waals surface area contributed by atoms with Gasteiger partial charge in [0.2, 0.25) is 0 Å². The molecule has 3 aromatic rings. The number of aromatic nitrogens is 2. The van der Waals surface area contributed by atoms with Gasteiger partial charge < -0.3 is 10.1 Å². The molecule has 0 atom stereocenters. The van der Waals surface area contributed by atoms with Crippen LogP contribution < -0.4 is 5.73 Å². The minimum atomic E-state index is 0.317. The normalized spacial score (nSPS) is 13.7. The van der Waals surface area contributed by atoms with Crippen molar-refractivity contribution in [1.82, 2.24) is 9.38 Å². The summed E-state index contributed by atoms with van der Waals surface area (Å²) in [5, 5.41) is 9.21. The highest BCUT2D eigenvalue weighted by Gasteiger charge is 2.16. The highest BCUT2D eigenvalue weighted by atomic mass is 15.0. The molecule has 1 aromatic carbocycles. The third kappa shape index (κ3) is 2.35. The predicted molar refractivity (Wildman–Crippen MR) is 91.0 cm³/mol. The molecule has 2 aromatic heterocycles. The lowest BCUT2D eigenvalue weighted by Crippen LogP contribution is -2.02. The number of hydrogen-bond acceptors (Lipinski definition) is 3. The van der Waals surface area contributed by atoms with Crippen molar-refractivity contribution in [2.24, 2.45) is 0 Å². The SMILES string of the molecule is N#CCc1c(-c2ccc3c(c2)CCCC3)nc2ccc(N)cn12. The molecule has 23 heavy (non-hydrogen) atoms. The first kappa shape index (κ1) is 13.8. The lowest BCUT2D eigenvalue weighted by molar-refractivity contribution is 0.686. The summed E-state index contributed by atoms with van der Waals surface area (Å²) in [5.74, 6) is 0. The van der Waals surface area contributed by atoms with Crippen molar-refractivity contribution >= 4 is 11.3 Å². The molecule has 1 aliphatic carbocycles. The highest BCUT2D eigenvalue weighted by Crippen LogP contribution is 2.30. The van der Waals surface area contributed by atoms with Crippen LogP contribution in [0.15, 0.2) is 36.5 Å². The Hall–Kier alpha value is -2.80. The standard InChI is InChI=1S/C19H18N4/c20-10-9-17-19(22-18-8-7-16(21)12-23(17)18)15-6-5-13-3-1-2-4-14(13)11-15/h5-8,11-12H,1-4,9,21H2. The van der Waals surface area contributed by atoms with Gasteiger partial charge in [-0.2, -0.15) is 5.26 Å². The van der Waals surface area contributed by atoms with Crippen LogP contribution in [0.25, 0.3) is 16.9 Å². The van der Waals surface area contributed by atoms with Crippen LogP contribution in [0, 0.1) is 11.3 Å². The summed E-state index contributed by atoms with van der Waals surface area (Å²) in [6, 6.07) is 12.6. The number of nitrogen functional groups attached to an aromatic ring is 1. The summed E-state index contributed by atoms with van der Waals surface area (Å²) < 4.78 is 1.94. The summed E-state index contributed by atoms with van der Waals surface area (Å²) >= 11 is 0. The number of imidazole rings is 1. The van der Waals surface area contributed by atoms with Crippen molar-refractivity contribution in [2.45, 2.75) is 32.1 Å². The molecule has 114 valence electrons. The second-order valence-electron chi connectivity index (χ2n) is 6.12. The molecule has 0 unspecified atom stereocenters. The molecule has 0 fully saturated rings. The molecule has 2 N–H and O–H groups in total. The van der Waals surface area contributed by atoms with E-state index in [2.05, 4.69) is 24.3 Å². The first-order valence-electron chi connectivity index (χ1n) is 8.02. The zero-order valence-electron chi connectivity index (χ0n) is 12.9. The van der Waals surface area contributed by atoms with Gasteiger partial charge in [0, 0.05) is 17.4 Å². The Morgan fingerprint density at radius 1 is 1.13 bits per heavy atom. The zero-order chi connectivity index (χ0) is 15.8. The van der Waals surface area contributed by atoms with Gasteiger partial charge in [-0.25, -0.2) is 4.98 Å². The van der Waals surface area contributed by atoms with Crippen molar-refractivity contribution in [3.05, 3.63) is 53.3 Å². The third-order valence-corrected chi connectivity index (χ3v) is 4.61. The molecule has 2 heterocycles. The largest absolute Gasteiger partial charge is 0.398 e. The summed E-state index contributed by atoms with van der Waals surface area (Å²) in [7, 11) is 0. The van der Waals surface area contributed by atoms with E-state index in [4.69, 9.17) is 10.7 Å². The number of pyridine rings is 1. The molecule has 0 radical (unpaired) electrons. The smallest absolute Gasteiger partial charge is 0.137 e. The number of fused-ring (bicyclic) bond motifs is 2. The number of benzene rings is 1. The molecular formula is C19H18N4. The summed E-state index contributed by atoms with van der Waals surface area (Å²) in [6.45, 7) is 0. The molecule has 0 saturated carbocycles. The van der Waals surface area contributed by atoms with Crippen LogP contribution in [-0.4, -0.2) is 9.38 Å². The molecule has 0 aliphatic heterocycles. The van der Waals surface area contributed by atoms with Crippen molar-refractivity contribution in [3.63, 3.8) is 0 Å². The van der Waals surface area contributed by atoms with E-state index in [9.17, 15) is 5.26 Å². The van der Waals surface area contributed by atoms with E-state index < -0.39 is 0 Å². The quantitative estimate of drug-likeness (QED) is 0.787. The van der Waals surface area contributed by atoms with Crippen LogP contribution in [0.2, 0.25) is 0 Å². The van der Waals surface area contributed by atoms with Gasteiger partial charge in [0.05, 0.1) is 23.9 Å². The lowest BCUT2D eigenvalue weighted by atomic mass is 9.89. The van der Waals surface area contributed by atoms with Gasteiger partial charge >= 0.3 is 0 Å². The Morgan fingerprint density at radius 3 is 2.78 bits per heavy atom. The fraction of sp³-hybridized carbons (Fsp3) is 0.263. The fourth-order valence-electron chi connectivity index (χ4n) is 3.47. The second-order valence-corrected chi connectivity index (χ2v) is 6.12. The van der Waals surface area contributed by atoms with E-state index in [1.807, 2.05) is 22.7 Å². The van der Waals surface area contributed by atoms with Crippen LogP contribution in [0.3, 0.4) is 0 Å². The van der Waals surface area contributed by atoms with Crippen molar-refractivity contribution in [1.29, 1.82) is 5.26 Å². The van der Waals surface area contributed by atoms with E-state index in [-0.39, 0.29) is 0 Å². The van der Waals surface area contributed by atoms with Crippen molar-refractivity contribution in [3.8, 4) is 17.3 Å². The van der Waals surface area contributed by atoms with Crippen LogP contribution in [0.4, 0.5) is 5.69 Å². The summed E-state index contributed by atoms with van der Waals surface area (Å²) in [5.41, 5.74) is 13.2. The number of rotatable bonds is 2. The minimum Gasteiger partial charge on any atom is -0.398 e. The Balaban J connectivity index is 1.91. The maximum atomic E-state index is 9.21. The predicted octanol–water partition coefficient (Wildman–Crippen LogP) is 3.53. The molecule has 4 heteroatoms. The average Bonchev–Trinajstić information content (AvgIpc) is 2.93. The van der Waals surface area contributed by atoms with Gasteiger partial charge in [-0.3, -0.25) is 0 Å². The molecule has 0 bridgehead atoms. The Kier molecular flexibility index (Phi) is 3.27. The molecule has 0 spiro atoms. The third-order valence-electron chi connectivity index (χ3n) is 4.61. The van der Waals surface area contributed by atoms with Crippen LogP contribution >= 0.6 is 0 Å². The fourth-order valence-corrected chi connectivity index (χ4v) is 3.47. The van der Waals surface area contributed by atoms with Gasteiger partial charge in [0.25, 0.3) is 0 Å². The highest BCUT2D eigenvalue weighted by molar-refractivity contribution is 5.69. The second kappa shape index (κ2) is 5.44. The van der Waals surface area contributed by atoms with Gasteiger partial charge in [0.1, 0.15) is 5.65 Å². The first-order valence-corrected chi connectivity index (χ1v) is 8.02. The monoisotopic (exact) mass is 302 g/mol. The summed E-state index contributed by atoms with van der Waals surface area (Å²) in [6.07, 6.45) is 7.00. The molecule has 4 nitrogen and oxygen atoms in total. The molecule has 4 rings (SSSR count). The minimum absolute atomic E-state index is 0.317. The van der Waals surface area contributed by atoms with E-state index in [0.717, 1.165) is 29.0 Å². The number of aryl methyl sites for hydroxylation is 2. The Morgan fingerprint density at radius 2 is 1.96 bits per heavy atom. The summed E-state index contributed by atoms with van der Waals surface area (Å²) in [4.78, 5) is 4.75. The van der Waals surface area contributed by atoms with Crippen LogP contribution in [-0.2, 0) is 19.3 Å².